The van der Waals surface area contributed by atoms with Crippen molar-refractivity contribution in [3.63, 3.8) is 0 Å². The Balaban J connectivity index is 2.12. The number of benzene rings is 2. The van der Waals surface area contributed by atoms with Crippen LogP contribution in [0.2, 0.25) is 0 Å². The van der Waals surface area contributed by atoms with Crippen molar-refractivity contribution in [3.05, 3.63) is 53.6 Å². The van der Waals surface area contributed by atoms with Crippen LogP contribution >= 0.6 is 12.6 Å². The molecule has 5 nitrogen and oxygen atoms in total. The second-order valence-corrected chi connectivity index (χ2v) is 6.63. The normalized spacial score (nSPS) is 16.4. The van der Waals surface area contributed by atoms with Crippen molar-refractivity contribution in [2.75, 3.05) is 10.2 Å². The van der Waals surface area contributed by atoms with E-state index >= 15 is 0 Å². The lowest BCUT2D eigenvalue weighted by Crippen LogP contribution is -2.46. The molecule has 1 N–H and O–H groups in total. The van der Waals surface area contributed by atoms with Crippen LogP contribution in [0.25, 0.3) is 0 Å². The van der Waals surface area contributed by atoms with Crippen molar-refractivity contribution in [1.29, 1.82) is 0 Å². The van der Waals surface area contributed by atoms with Gasteiger partial charge in [0, 0.05) is 11.3 Å². The van der Waals surface area contributed by atoms with Crippen molar-refractivity contribution >= 4 is 35.7 Å². The van der Waals surface area contributed by atoms with Crippen LogP contribution in [0.4, 0.5) is 11.4 Å². The van der Waals surface area contributed by atoms with E-state index in [1.807, 2.05) is 32.0 Å². The van der Waals surface area contributed by atoms with E-state index in [2.05, 4.69) is 17.9 Å². The first-order chi connectivity index (χ1) is 11.9. The molecule has 1 heterocycles. The zero-order valence-corrected chi connectivity index (χ0v) is 15.2. The molecular weight excluding hydrogens is 336 g/mol. The van der Waals surface area contributed by atoms with Gasteiger partial charge in [0.2, 0.25) is 0 Å². The van der Waals surface area contributed by atoms with Crippen molar-refractivity contribution in [1.82, 2.24) is 0 Å². The third-order valence-corrected chi connectivity index (χ3v) is 4.25. The summed E-state index contributed by atoms with van der Waals surface area (Å²) >= 11 is 4.53. The molecule has 0 aliphatic carbocycles. The number of hydrogen-bond donors (Lipinski definition) is 2. The number of thiol groups is 1. The highest BCUT2D eigenvalue weighted by Crippen LogP contribution is 2.37. The number of ether oxygens (including phenoxy) is 1. The number of rotatable bonds is 4. The summed E-state index contributed by atoms with van der Waals surface area (Å²) in [7, 11) is 0. The maximum Gasteiger partial charge on any atom is 0.262 e. The highest BCUT2D eigenvalue weighted by Gasteiger charge is 2.33. The molecule has 6 heteroatoms. The van der Waals surface area contributed by atoms with Crippen molar-refractivity contribution in [3.8, 4) is 5.75 Å². The minimum Gasteiger partial charge on any atom is -0.489 e. The Kier molecular flexibility index (Phi) is 4.72. The molecule has 0 aromatic heterocycles. The first-order valence-electron chi connectivity index (χ1n) is 8.07. The van der Waals surface area contributed by atoms with E-state index in [0.717, 1.165) is 5.69 Å². The molecule has 2 aromatic carbocycles. The third-order valence-electron chi connectivity index (χ3n) is 3.89. The summed E-state index contributed by atoms with van der Waals surface area (Å²) in [6, 6.07) is 12.4. The Hall–Kier alpha value is -2.47. The molecule has 2 aromatic rings. The quantitative estimate of drug-likeness (QED) is 0.643. The lowest BCUT2D eigenvalue weighted by molar-refractivity contribution is 0.0978. The number of ketones is 1. The first-order valence-corrected chi connectivity index (χ1v) is 8.59. The molecule has 1 atom stereocenters. The molecule has 0 fully saturated rings. The smallest absolute Gasteiger partial charge is 0.262 e. The summed E-state index contributed by atoms with van der Waals surface area (Å²) in [6.45, 7) is 5.31. The second-order valence-electron chi connectivity index (χ2n) is 6.14. The Labute approximate surface area is 152 Å². The SMILES string of the molecule is CC(=O)c1ccc(OC(C)C)c(N2C(=O)c3ccccc3NC2S)c1. The van der Waals surface area contributed by atoms with Crippen LogP contribution in [0, 0.1) is 0 Å². The summed E-state index contributed by atoms with van der Waals surface area (Å²) in [5.74, 6) is 0.267. The van der Waals surface area contributed by atoms with Gasteiger partial charge in [-0.05, 0) is 51.1 Å². The number of carbonyl (C=O) groups is 2. The molecule has 130 valence electrons. The van der Waals surface area contributed by atoms with Crippen molar-refractivity contribution in [2.24, 2.45) is 0 Å². The van der Waals surface area contributed by atoms with Crippen LogP contribution in [0.15, 0.2) is 42.5 Å². The summed E-state index contributed by atoms with van der Waals surface area (Å²) in [4.78, 5) is 26.3. The predicted molar refractivity (Wildman–Crippen MR) is 102 cm³/mol. The Morgan fingerprint density at radius 1 is 1.24 bits per heavy atom. The van der Waals surface area contributed by atoms with Crippen LogP contribution in [-0.4, -0.2) is 23.3 Å². The molecule has 0 radical (unpaired) electrons. The molecule has 3 rings (SSSR count). The number of nitrogens with zero attached hydrogens (tertiary/aromatic N) is 1. The molecule has 0 saturated heterocycles. The third kappa shape index (κ3) is 3.35. The zero-order valence-electron chi connectivity index (χ0n) is 14.3. The van der Waals surface area contributed by atoms with Gasteiger partial charge in [0.15, 0.2) is 11.3 Å². The van der Waals surface area contributed by atoms with E-state index in [9.17, 15) is 9.59 Å². The first kappa shape index (κ1) is 17.4. The standard InChI is InChI=1S/C19H20N2O3S/c1-11(2)24-17-9-8-13(12(3)22)10-16(17)21-18(23)14-6-4-5-7-15(14)20-19(21)25/h4-11,19-20,25H,1-3H3. The van der Waals surface area contributed by atoms with Crippen LogP contribution in [0.5, 0.6) is 5.75 Å². The number of amides is 1. The molecule has 1 aliphatic heterocycles. The molecule has 1 unspecified atom stereocenters. The van der Waals surface area contributed by atoms with Crippen molar-refractivity contribution < 1.29 is 14.3 Å². The van der Waals surface area contributed by atoms with E-state index in [4.69, 9.17) is 4.74 Å². The molecule has 0 bridgehead atoms. The van der Waals surface area contributed by atoms with Crippen LogP contribution < -0.4 is 15.0 Å². The number of Topliss-reactive ketones (excluding diaryl/α,β-unsaturated/α-hetero) is 1. The van der Waals surface area contributed by atoms with Gasteiger partial charge in [-0.3, -0.25) is 14.5 Å². The number of nitrogens with one attached hydrogen (secondary N) is 1. The van der Waals surface area contributed by atoms with Gasteiger partial charge in [-0.2, -0.15) is 0 Å². The zero-order chi connectivity index (χ0) is 18.1. The lowest BCUT2D eigenvalue weighted by atomic mass is 10.1. The van der Waals surface area contributed by atoms with Gasteiger partial charge < -0.3 is 10.1 Å². The molecular formula is C19H20N2O3S. The number of carbonyl (C=O) groups excluding carboxylic acids is 2. The second kappa shape index (κ2) is 6.80. The van der Waals surface area contributed by atoms with E-state index in [-0.39, 0.29) is 17.8 Å². The maximum absolute atomic E-state index is 13.0. The van der Waals surface area contributed by atoms with Gasteiger partial charge >= 0.3 is 0 Å². The van der Waals surface area contributed by atoms with E-state index in [0.29, 0.717) is 22.6 Å². The number of hydrogen-bond acceptors (Lipinski definition) is 5. The maximum atomic E-state index is 13.0. The average molecular weight is 356 g/mol. The van der Waals surface area contributed by atoms with E-state index < -0.39 is 5.50 Å². The molecule has 25 heavy (non-hydrogen) atoms. The molecule has 0 saturated carbocycles. The Morgan fingerprint density at radius 3 is 2.64 bits per heavy atom. The monoisotopic (exact) mass is 356 g/mol. The highest BCUT2D eigenvalue weighted by atomic mass is 32.1. The fraction of sp³-hybridized carbons (Fsp3) is 0.263. The fourth-order valence-electron chi connectivity index (χ4n) is 2.76. The van der Waals surface area contributed by atoms with Gasteiger partial charge in [0.05, 0.1) is 17.4 Å². The fourth-order valence-corrected chi connectivity index (χ4v) is 3.13. The molecule has 1 aliphatic rings. The van der Waals surface area contributed by atoms with Gasteiger partial charge in [0.25, 0.3) is 5.91 Å². The number of fused-ring (bicyclic) bond motifs is 1. The minimum absolute atomic E-state index is 0.0690. The summed E-state index contributed by atoms with van der Waals surface area (Å²) in [6.07, 6.45) is -0.0690. The van der Waals surface area contributed by atoms with Crippen LogP contribution in [0.3, 0.4) is 0 Å². The van der Waals surface area contributed by atoms with Gasteiger partial charge in [0.1, 0.15) is 5.75 Å². The topological polar surface area (TPSA) is 58.6 Å². The Morgan fingerprint density at radius 2 is 1.96 bits per heavy atom. The van der Waals surface area contributed by atoms with Crippen molar-refractivity contribution in [2.45, 2.75) is 32.4 Å². The van der Waals surface area contributed by atoms with E-state index in [1.165, 1.54) is 11.8 Å². The summed E-state index contributed by atoms with van der Waals surface area (Å²) in [5.41, 5.74) is 1.75. The minimum atomic E-state index is -0.570. The molecule has 1 amide bonds. The summed E-state index contributed by atoms with van der Waals surface area (Å²) in [5, 5.41) is 3.20. The predicted octanol–water partition coefficient (Wildman–Crippen LogP) is 3.96. The number of anilines is 2. The lowest BCUT2D eigenvalue weighted by Gasteiger charge is -2.36. The van der Waals surface area contributed by atoms with Gasteiger partial charge in [-0.25, -0.2) is 0 Å². The molecule has 0 spiro atoms. The number of para-hydroxylation sites is 1. The Bertz CT molecular complexity index is 835. The largest absolute Gasteiger partial charge is 0.489 e. The van der Waals surface area contributed by atoms with Crippen LogP contribution in [-0.2, 0) is 0 Å². The van der Waals surface area contributed by atoms with Gasteiger partial charge in [-0.15, -0.1) is 12.6 Å². The van der Waals surface area contributed by atoms with E-state index in [1.54, 1.807) is 24.3 Å². The summed E-state index contributed by atoms with van der Waals surface area (Å²) < 4.78 is 5.85. The van der Waals surface area contributed by atoms with Crippen LogP contribution in [0.1, 0.15) is 41.5 Å². The highest BCUT2D eigenvalue weighted by molar-refractivity contribution is 7.81. The van der Waals surface area contributed by atoms with Gasteiger partial charge in [-0.1, -0.05) is 12.1 Å². The average Bonchev–Trinajstić information content (AvgIpc) is 2.55.